The molecule has 1 saturated heterocycles. The highest BCUT2D eigenvalue weighted by Crippen LogP contribution is 2.24. The van der Waals surface area contributed by atoms with Gasteiger partial charge >= 0.3 is 6.03 Å². The van der Waals surface area contributed by atoms with Crippen molar-refractivity contribution in [3.63, 3.8) is 0 Å². The minimum atomic E-state index is -0.514. The topological polar surface area (TPSA) is 118 Å². The summed E-state index contributed by atoms with van der Waals surface area (Å²) < 4.78 is 1.86. The Hall–Kier alpha value is -3.66. The van der Waals surface area contributed by atoms with Crippen molar-refractivity contribution in [2.24, 2.45) is 0 Å². The number of amides is 4. The van der Waals surface area contributed by atoms with E-state index in [1.54, 1.807) is 0 Å². The molecule has 1 aromatic heterocycles. The van der Waals surface area contributed by atoms with Gasteiger partial charge in [0.1, 0.15) is 5.82 Å². The minimum Gasteiger partial charge on any atom is -0.334 e. The molecular formula is C23H24N6O3S. The molecule has 4 amide bonds. The molecule has 1 atom stereocenters. The number of nitrogens with one attached hydrogen (secondary N) is 3. The number of carbonyl (C=O) groups excluding carboxylic acids is 3. The van der Waals surface area contributed by atoms with E-state index >= 15 is 0 Å². The first kappa shape index (κ1) is 22.5. The Morgan fingerprint density at radius 3 is 2.70 bits per heavy atom. The van der Waals surface area contributed by atoms with E-state index in [4.69, 9.17) is 0 Å². The molecule has 0 aliphatic carbocycles. The number of carbonyl (C=O) groups is 3. The van der Waals surface area contributed by atoms with Gasteiger partial charge in [-0.3, -0.25) is 19.5 Å². The Morgan fingerprint density at radius 1 is 1.15 bits per heavy atom. The summed E-state index contributed by atoms with van der Waals surface area (Å²) in [6.45, 7) is 3.93. The van der Waals surface area contributed by atoms with E-state index in [1.807, 2.05) is 66.9 Å². The van der Waals surface area contributed by atoms with Crippen molar-refractivity contribution in [1.29, 1.82) is 0 Å². The summed E-state index contributed by atoms with van der Waals surface area (Å²) >= 11 is 1.27. The Balaban J connectivity index is 1.51. The SMILES string of the molecule is Cc1ccc(C)c(NC(=O)CSc2nnc(CC3CC(=O)NC(=O)N3)n2-c2ccccc2)c1. The standard InChI is InChI=1S/C23H24N6O3S/c1-14-8-9-15(2)18(10-14)25-21(31)13-33-23-28-27-19(29(23)17-6-4-3-5-7-17)11-16-12-20(30)26-22(32)24-16/h3-10,16H,11-13H2,1-2H3,(H,25,31)(H2,24,26,30,32). The smallest absolute Gasteiger partial charge is 0.321 e. The van der Waals surface area contributed by atoms with Crippen LogP contribution in [0.15, 0.2) is 53.7 Å². The lowest BCUT2D eigenvalue weighted by Gasteiger charge is -2.23. The maximum absolute atomic E-state index is 12.6. The third-order valence-electron chi connectivity index (χ3n) is 5.16. The van der Waals surface area contributed by atoms with Crippen LogP contribution in [0.25, 0.3) is 5.69 Å². The number of nitrogens with zero attached hydrogens (tertiary/aromatic N) is 3. The van der Waals surface area contributed by atoms with Gasteiger partial charge < -0.3 is 10.6 Å². The second-order valence-corrected chi connectivity index (χ2v) is 8.79. The van der Waals surface area contributed by atoms with Gasteiger partial charge in [-0.25, -0.2) is 4.79 Å². The zero-order chi connectivity index (χ0) is 23.4. The normalized spacial score (nSPS) is 15.6. The second kappa shape index (κ2) is 9.86. The van der Waals surface area contributed by atoms with Crippen LogP contribution >= 0.6 is 11.8 Å². The minimum absolute atomic E-state index is 0.144. The monoisotopic (exact) mass is 464 g/mol. The molecular weight excluding hydrogens is 440 g/mol. The number of hydrogen-bond donors (Lipinski definition) is 3. The summed E-state index contributed by atoms with van der Waals surface area (Å²) in [4.78, 5) is 36.0. The molecule has 1 fully saturated rings. The van der Waals surface area contributed by atoms with Crippen molar-refractivity contribution in [2.45, 2.75) is 37.9 Å². The molecule has 1 unspecified atom stereocenters. The van der Waals surface area contributed by atoms with E-state index in [0.29, 0.717) is 17.4 Å². The summed E-state index contributed by atoms with van der Waals surface area (Å²) in [7, 11) is 0. The third-order valence-corrected chi connectivity index (χ3v) is 6.09. The molecule has 10 heteroatoms. The highest BCUT2D eigenvalue weighted by Gasteiger charge is 2.27. The van der Waals surface area contributed by atoms with Gasteiger partial charge in [0.15, 0.2) is 5.16 Å². The van der Waals surface area contributed by atoms with Gasteiger partial charge in [-0.05, 0) is 43.2 Å². The summed E-state index contributed by atoms with van der Waals surface area (Å²) in [6, 6.07) is 14.6. The van der Waals surface area contributed by atoms with Crippen LogP contribution in [0.3, 0.4) is 0 Å². The lowest BCUT2D eigenvalue weighted by Crippen LogP contribution is -2.53. The molecule has 9 nitrogen and oxygen atoms in total. The molecule has 0 radical (unpaired) electrons. The molecule has 4 rings (SSSR count). The van der Waals surface area contributed by atoms with E-state index in [0.717, 1.165) is 22.5 Å². The van der Waals surface area contributed by atoms with E-state index in [-0.39, 0.29) is 30.0 Å². The van der Waals surface area contributed by atoms with Crippen LogP contribution in [0.1, 0.15) is 23.4 Å². The van der Waals surface area contributed by atoms with Gasteiger partial charge in [0.25, 0.3) is 0 Å². The lowest BCUT2D eigenvalue weighted by atomic mass is 10.1. The number of para-hydroxylation sites is 1. The van der Waals surface area contributed by atoms with Crippen LogP contribution in [0, 0.1) is 13.8 Å². The Bertz CT molecular complexity index is 1180. The Morgan fingerprint density at radius 2 is 1.94 bits per heavy atom. The summed E-state index contributed by atoms with van der Waals surface area (Å²) in [5.41, 5.74) is 3.69. The number of benzene rings is 2. The van der Waals surface area contributed by atoms with E-state index in [1.165, 1.54) is 11.8 Å². The van der Waals surface area contributed by atoms with Crippen molar-refractivity contribution in [1.82, 2.24) is 25.4 Å². The van der Waals surface area contributed by atoms with Gasteiger partial charge in [0.05, 0.1) is 5.75 Å². The number of anilines is 1. The summed E-state index contributed by atoms with van der Waals surface area (Å²) in [5.74, 6) is 0.279. The third kappa shape index (κ3) is 5.58. The van der Waals surface area contributed by atoms with Gasteiger partial charge in [-0.1, -0.05) is 42.1 Å². The molecule has 2 aromatic carbocycles. The van der Waals surface area contributed by atoms with Gasteiger partial charge in [-0.15, -0.1) is 10.2 Å². The largest absolute Gasteiger partial charge is 0.334 e. The van der Waals surface area contributed by atoms with Gasteiger partial charge in [-0.2, -0.15) is 0 Å². The predicted octanol–water partition coefficient (Wildman–Crippen LogP) is 2.76. The number of rotatable bonds is 7. The van der Waals surface area contributed by atoms with Crippen LogP contribution < -0.4 is 16.0 Å². The number of hydrogen-bond acceptors (Lipinski definition) is 6. The maximum Gasteiger partial charge on any atom is 0.321 e. The zero-order valence-electron chi connectivity index (χ0n) is 18.3. The fraction of sp³-hybridized carbons (Fsp3) is 0.261. The average molecular weight is 465 g/mol. The number of thioether (sulfide) groups is 1. The van der Waals surface area contributed by atoms with Gasteiger partial charge in [0, 0.05) is 30.3 Å². The Labute approximate surface area is 195 Å². The first-order chi connectivity index (χ1) is 15.9. The number of imide groups is 1. The highest BCUT2D eigenvalue weighted by molar-refractivity contribution is 7.99. The quantitative estimate of drug-likeness (QED) is 0.463. The van der Waals surface area contributed by atoms with Crippen molar-refractivity contribution in [3.8, 4) is 5.69 Å². The predicted molar refractivity (Wildman–Crippen MR) is 125 cm³/mol. The van der Waals surface area contributed by atoms with Crippen molar-refractivity contribution >= 4 is 35.3 Å². The lowest BCUT2D eigenvalue weighted by molar-refractivity contribution is -0.121. The fourth-order valence-electron chi connectivity index (χ4n) is 3.57. The molecule has 2 heterocycles. The van der Waals surface area contributed by atoms with Crippen molar-refractivity contribution in [2.75, 3.05) is 11.1 Å². The van der Waals surface area contributed by atoms with Crippen LogP contribution in [-0.2, 0) is 16.0 Å². The number of urea groups is 1. The van der Waals surface area contributed by atoms with E-state index in [2.05, 4.69) is 26.1 Å². The second-order valence-electron chi connectivity index (χ2n) is 7.85. The van der Waals surface area contributed by atoms with Crippen molar-refractivity contribution < 1.29 is 14.4 Å². The van der Waals surface area contributed by atoms with Gasteiger partial charge in [0.2, 0.25) is 11.8 Å². The molecule has 0 bridgehead atoms. The molecule has 1 aliphatic heterocycles. The Kier molecular flexibility index (Phi) is 6.74. The fourth-order valence-corrected chi connectivity index (χ4v) is 4.34. The first-order valence-electron chi connectivity index (χ1n) is 10.5. The molecule has 3 N–H and O–H groups in total. The average Bonchev–Trinajstić information content (AvgIpc) is 3.17. The summed E-state index contributed by atoms with van der Waals surface area (Å²) in [6.07, 6.45) is 0.490. The molecule has 33 heavy (non-hydrogen) atoms. The van der Waals surface area contributed by atoms with Crippen molar-refractivity contribution in [3.05, 3.63) is 65.5 Å². The molecule has 0 saturated carbocycles. The van der Waals surface area contributed by atoms with Crippen LogP contribution in [0.2, 0.25) is 0 Å². The van der Waals surface area contributed by atoms with Crippen LogP contribution in [-0.4, -0.2) is 44.4 Å². The van der Waals surface area contributed by atoms with E-state index < -0.39 is 6.03 Å². The zero-order valence-corrected chi connectivity index (χ0v) is 19.1. The highest BCUT2D eigenvalue weighted by atomic mass is 32.2. The van der Waals surface area contributed by atoms with Crippen LogP contribution in [0.4, 0.5) is 10.5 Å². The number of aryl methyl sites for hydroxylation is 2. The molecule has 170 valence electrons. The summed E-state index contributed by atoms with van der Waals surface area (Å²) in [5, 5.41) is 17.1. The first-order valence-corrected chi connectivity index (χ1v) is 11.5. The molecule has 0 spiro atoms. The number of aromatic nitrogens is 3. The van der Waals surface area contributed by atoms with E-state index in [9.17, 15) is 14.4 Å². The molecule has 1 aliphatic rings. The molecule has 3 aromatic rings. The van der Waals surface area contributed by atoms with Crippen LogP contribution in [0.5, 0.6) is 0 Å². The maximum atomic E-state index is 12.6.